The van der Waals surface area contributed by atoms with Gasteiger partial charge in [-0.05, 0) is 45.8 Å². The van der Waals surface area contributed by atoms with Crippen molar-refractivity contribution in [1.29, 1.82) is 0 Å². The third-order valence-corrected chi connectivity index (χ3v) is 5.04. The van der Waals surface area contributed by atoms with Gasteiger partial charge in [-0.25, -0.2) is 0 Å². The molecule has 1 aromatic heterocycles. The fourth-order valence-corrected chi connectivity index (χ4v) is 3.73. The van der Waals surface area contributed by atoms with E-state index < -0.39 is 17.8 Å². The summed E-state index contributed by atoms with van der Waals surface area (Å²) < 4.78 is 39.3. The highest BCUT2D eigenvalue weighted by Crippen LogP contribution is 2.37. The number of hydrogen-bond acceptors (Lipinski definition) is 2. The summed E-state index contributed by atoms with van der Waals surface area (Å²) in [5.41, 5.74) is -0.522. The Bertz CT molecular complexity index is 610. The van der Waals surface area contributed by atoms with E-state index in [1.165, 1.54) is 23.5 Å². The predicted molar refractivity (Wildman–Crippen MR) is 79.8 cm³/mol. The smallest absolute Gasteiger partial charge is 0.388 e. The average Bonchev–Trinajstić information content (AvgIpc) is 2.73. The molecule has 0 fully saturated rings. The van der Waals surface area contributed by atoms with E-state index in [2.05, 4.69) is 31.9 Å². The molecule has 2 aromatic rings. The van der Waals surface area contributed by atoms with Crippen molar-refractivity contribution in [1.82, 2.24) is 0 Å². The Balaban J connectivity index is 2.24. The molecule has 108 valence electrons. The van der Waals surface area contributed by atoms with Gasteiger partial charge in [0.15, 0.2) is 0 Å². The van der Waals surface area contributed by atoms with Gasteiger partial charge in [-0.2, -0.15) is 13.2 Å². The van der Waals surface area contributed by atoms with Gasteiger partial charge in [-0.15, -0.1) is 11.3 Å². The molecule has 1 N–H and O–H groups in total. The van der Waals surface area contributed by atoms with Crippen molar-refractivity contribution >= 4 is 43.2 Å². The Morgan fingerprint density at radius 1 is 1.15 bits per heavy atom. The third-order valence-electron chi connectivity index (χ3n) is 2.70. The third kappa shape index (κ3) is 3.84. The summed E-state index contributed by atoms with van der Waals surface area (Å²) in [5, 5.41) is 10.1. The Labute approximate surface area is 134 Å². The van der Waals surface area contributed by atoms with Gasteiger partial charge in [0.05, 0.1) is 15.5 Å². The molecule has 1 aromatic carbocycles. The van der Waals surface area contributed by atoms with Crippen molar-refractivity contribution in [2.24, 2.45) is 0 Å². The van der Waals surface area contributed by atoms with Crippen LogP contribution in [0.4, 0.5) is 13.2 Å². The molecule has 1 nitrogen and oxygen atoms in total. The van der Waals surface area contributed by atoms with Crippen molar-refractivity contribution in [3.8, 4) is 0 Å². The molecule has 0 saturated carbocycles. The summed E-state index contributed by atoms with van der Waals surface area (Å²) in [5.74, 6) is 0. The van der Waals surface area contributed by atoms with Crippen LogP contribution in [0.5, 0.6) is 0 Å². The van der Waals surface area contributed by atoms with E-state index in [4.69, 9.17) is 0 Å². The van der Waals surface area contributed by atoms with Gasteiger partial charge in [0.25, 0.3) is 0 Å². The van der Waals surface area contributed by atoms with E-state index in [0.717, 1.165) is 14.7 Å². The highest BCUT2D eigenvalue weighted by atomic mass is 79.9. The zero-order valence-corrected chi connectivity index (χ0v) is 13.9. The molecule has 0 aliphatic rings. The van der Waals surface area contributed by atoms with Crippen molar-refractivity contribution in [3.63, 3.8) is 0 Å². The molecule has 0 amide bonds. The molecule has 1 unspecified atom stereocenters. The lowest BCUT2D eigenvalue weighted by Gasteiger charge is -2.14. The Hall–Kier alpha value is -0.370. The number of aliphatic hydroxyl groups excluding tert-OH is 1. The van der Waals surface area contributed by atoms with Crippen LogP contribution < -0.4 is 0 Å². The van der Waals surface area contributed by atoms with Gasteiger partial charge >= 0.3 is 6.18 Å². The summed E-state index contributed by atoms with van der Waals surface area (Å²) in [6, 6.07) is 7.46. The second kappa shape index (κ2) is 6.17. The molecule has 0 saturated heterocycles. The van der Waals surface area contributed by atoms with Gasteiger partial charge in [-0.3, -0.25) is 0 Å². The SMILES string of the molecule is OC(Cc1ccc(Br)s1)c1ccc(Br)c(C(F)(F)F)c1. The minimum Gasteiger partial charge on any atom is -0.388 e. The Morgan fingerprint density at radius 2 is 1.85 bits per heavy atom. The van der Waals surface area contributed by atoms with E-state index in [9.17, 15) is 18.3 Å². The molecule has 1 heterocycles. The molecular formula is C13H9Br2F3OS. The number of aliphatic hydroxyl groups is 1. The lowest BCUT2D eigenvalue weighted by molar-refractivity contribution is -0.138. The number of benzene rings is 1. The van der Waals surface area contributed by atoms with Crippen LogP contribution in [-0.2, 0) is 12.6 Å². The van der Waals surface area contributed by atoms with E-state index in [1.807, 2.05) is 12.1 Å². The summed E-state index contributed by atoms with van der Waals surface area (Å²) >= 11 is 7.64. The van der Waals surface area contributed by atoms with Gasteiger partial charge in [0.1, 0.15) is 0 Å². The molecule has 0 bridgehead atoms. The van der Waals surface area contributed by atoms with Crippen LogP contribution in [0.1, 0.15) is 22.1 Å². The summed E-state index contributed by atoms with van der Waals surface area (Å²) in [4.78, 5) is 0.904. The number of rotatable bonds is 3. The van der Waals surface area contributed by atoms with Crippen LogP contribution in [0.2, 0.25) is 0 Å². The normalized spacial score (nSPS) is 13.5. The van der Waals surface area contributed by atoms with Gasteiger partial charge < -0.3 is 5.11 Å². The Kier molecular flexibility index (Phi) is 4.94. The highest BCUT2D eigenvalue weighted by molar-refractivity contribution is 9.11. The van der Waals surface area contributed by atoms with E-state index in [1.54, 1.807) is 0 Å². The standard InChI is InChI=1S/C13H9Br2F3OS/c14-10-3-1-7(5-9(10)13(16,17)18)11(19)6-8-2-4-12(15)20-8/h1-5,11,19H,6H2. The number of hydrogen-bond donors (Lipinski definition) is 1. The van der Waals surface area contributed by atoms with Crippen molar-refractivity contribution in [3.05, 3.63) is 54.6 Å². The molecule has 0 spiro atoms. The maximum atomic E-state index is 12.8. The molecule has 0 aliphatic carbocycles. The van der Waals surface area contributed by atoms with Crippen molar-refractivity contribution < 1.29 is 18.3 Å². The molecule has 2 rings (SSSR count). The number of halogens is 5. The largest absolute Gasteiger partial charge is 0.417 e. The van der Waals surface area contributed by atoms with Gasteiger partial charge in [-0.1, -0.05) is 22.0 Å². The molecule has 1 atom stereocenters. The fraction of sp³-hybridized carbons (Fsp3) is 0.231. The minimum atomic E-state index is -4.44. The Morgan fingerprint density at radius 3 is 2.40 bits per heavy atom. The summed E-state index contributed by atoms with van der Waals surface area (Å²) in [6.07, 6.45) is -5.12. The first-order valence-electron chi connectivity index (χ1n) is 5.56. The van der Waals surface area contributed by atoms with Crippen LogP contribution >= 0.6 is 43.2 Å². The van der Waals surface area contributed by atoms with Crippen LogP contribution in [0.25, 0.3) is 0 Å². The molecule has 20 heavy (non-hydrogen) atoms. The lowest BCUT2D eigenvalue weighted by Crippen LogP contribution is -2.09. The van der Waals surface area contributed by atoms with Crippen LogP contribution in [0, 0.1) is 0 Å². The second-order valence-corrected chi connectivity index (χ2v) is 7.56. The molecule has 0 radical (unpaired) electrons. The van der Waals surface area contributed by atoms with E-state index >= 15 is 0 Å². The van der Waals surface area contributed by atoms with Gasteiger partial charge in [0.2, 0.25) is 0 Å². The van der Waals surface area contributed by atoms with Gasteiger partial charge in [0, 0.05) is 15.8 Å². The lowest BCUT2D eigenvalue weighted by atomic mass is 10.0. The topological polar surface area (TPSA) is 20.2 Å². The number of thiophene rings is 1. The average molecular weight is 430 g/mol. The van der Waals surface area contributed by atoms with Crippen LogP contribution in [0.15, 0.2) is 38.6 Å². The monoisotopic (exact) mass is 428 g/mol. The van der Waals surface area contributed by atoms with Crippen LogP contribution in [0.3, 0.4) is 0 Å². The molecular weight excluding hydrogens is 421 g/mol. The molecule has 0 aliphatic heterocycles. The quantitative estimate of drug-likeness (QED) is 0.676. The highest BCUT2D eigenvalue weighted by Gasteiger charge is 2.33. The number of alkyl halides is 3. The first-order chi connectivity index (χ1) is 9.27. The fourth-order valence-electron chi connectivity index (χ4n) is 1.74. The van der Waals surface area contributed by atoms with Crippen molar-refractivity contribution in [2.45, 2.75) is 18.7 Å². The summed E-state index contributed by atoms with van der Waals surface area (Å²) in [6.45, 7) is 0. The van der Waals surface area contributed by atoms with E-state index in [0.29, 0.717) is 0 Å². The maximum Gasteiger partial charge on any atom is 0.417 e. The second-order valence-electron chi connectivity index (χ2n) is 4.16. The van der Waals surface area contributed by atoms with Crippen molar-refractivity contribution in [2.75, 3.05) is 0 Å². The van der Waals surface area contributed by atoms with Crippen LogP contribution in [-0.4, -0.2) is 5.11 Å². The minimum absolute atomic E-state index is 0.0279. The zero-order chi connectivity index (χ0) is 14.9. The molecule has 7 heteroatoms. The zero-order valence-electron chi connectivity index (χ0n) is 9.92. The van der Waals surface area contributed by atoms with E-state index in [-0.39, 0.29) is 16.5 Å². The maximum absolute atomic E-state index is 12.8. The summed E-state index contributed by atoms with van der Waals surface area (Å²) in [7, 11) is 0. The first kappa shape index (κ1) is 16.0. The first-order valence-corrected chi connectivity index (χ1v) is 7.96. The predicted octanol–water partition coefficient (Wildman–Crippen LogP) is 5.57.